The SMILES string of the molecule is CC1CCN(C(N)=NCC2(c3ccccc3F)CC2)CC1.I. The minimum Gasteiger partial charge on any atom is -0.370 e. The third kappa shape index (κ3) is 3.73. The molecular formula is C17H25FIN3. The van der Waals surface area contributed by atoms with E-state index >= 15 is 0 Å². The van der Waals surface area contributed by atoms with Crippen LogP contribution in [0.2, 0.25) is 0 Å². The summed E-state index contributed by atoms with van der Waals surface area (Å²) in [5.41, 5.74) is 6.81. The normalized spacial score (nSPS) is 21.4. The monoisotopic (exact) mass is 417 g/mol. The molecule has 22 heavy (non-hydrogen) atoms. The van der Waals surface area contributed by atoms with Crippen molar-refractivity contribution in [1.29, 1.82) is 0 Å². The van der Waals surface area contributed by atoms with Gasteiger partial charge in [-0.15, -0.1) is 24.0 Å². The van der Waals surface area contributed by atoms with Crippen molar-refractivity contribution in [2.24, 2.45) is 16.6 Å². The molecule has 5 heteroatoms. The molecule has 0 amide bonds. The Labute approximate surface area is 149 Å². The van der Waals surface area contributed by atoms with Gasteiger partial charge in [0.2, 0.25) is 0 Å². The maximum atomic E-state index is 14.0. The highest BCUT2D eigenvalue weighted by Gasteiger charge is 2.45. The van der Waals surface area contributed by atoms with Crippen LogP contribution < -0.4 is 5.73 Å². The first-order valence-corrected chi connectivity index (χ1v) is 7.91. The molecule has 2 fully saturated rings. The van der Waals surface area contributed by atoms with Gasteiger partial charge in [0.15, 0.2) is 5.96 Å². The van der Waals surface area contributed by atoms with E-state index in [2.05, 4.69) is 16.8 Å². The molecule has 1 saturated heterocycles. The van der Waals surface area contributed by atoms with E-state index < -0.39 is 0 Å². The number of benzene rings is 1. The van der Waals surface area contributed by atoms with Gasteiger partial charge in [-0.3, -0.25) is 4.99 Å². The first kappa shape index (κ1) is 17.5. The zero-order chi connectivity index (χ0) is 14.9. The van der Waals surface area contributed by atoms with Crippen LogP contribution in [-0.2, 0) is 5.41 Å². The number of nitrogens with two attached hydrogens (primary N) is 1. The lowest BCUT2D eigenvalue weighted by Gasteiger charge is -2.31. The fourth-order valence-electron chi connectivity index (χ4n) is 3.12. The Balaban J connectivity index is 0.00000176. The van der Waals surface area contributed by atoms with Gasteiger partial charge in [0.1, 0.15) is 5.82 Å². The van der Waals surface area contributed by atoms with Crippen LogP contribution in [0.15, 0.2) is 29.3 Å². The summed E-state index contributed by atoms with van der Waals surface area (Å²) in [6.07, 6.45) is 4.35. The Morgan fingerprint density at radius 1 is 1.32 bits per heavy atom. The lowest BCUT2D eigenvalue weighted by atomic mass is 9.95. The minimum atomic E-state index is -0.115. The van der Waals surface area contributed by atoms with Gasteiger partial charge in [-0.25, -0.2) is 4.39 Å². The maximum absolute atomic E-state index is 14.0. The van der Waals surface area contributed by atoms with Gasteiger partial charge in [0, 0.05) is 18.5 Å². The van der Waals surface area contributed by atoms with E-state index in [-0.39, 0.29) is 35.2 Å². The van der Waals surface area contributed by atoms with Crippen LogP contribution >= 0.6 is 24.0 Å². The van der Waals surface area contributed by atoms with E-state index in [9.17, 15) is 4.39 Å². The van der Waals surface area contributed by atoms with Crippen LogP contribution in [0, 0.1) is 11.7 Å². The maximum Gasteiger partial charge on any atom is 0.191 e. The molecule has 0 atom stereocenters. The molecular weight excluding hydrogens is 392 g/mol. The molecule has 2 N–H and O–H groups in total. The fourth-order valence-corrected chi connectivity index (χ4v) is 3.12. The zero-order valence-electron chi connectivity index (χ0n) is 13.1. The van der Waals surface area contributed by atoms with Gasteiger partial charge in [0.25, 0.3) is 0 Å². The predicted molar refractivity (Wildman–Crippen MR) is 99.2 cm³/mol. The molecule has 0 unspecified atom stereocenters. The van der Waals surface area contributed by atoms with Crippen molar-refractivity contribution in [1.82, 2.24) is 4.90 Å². The Kier molecular flexibility index (Phi) is 5.69. The highest BCUT2D eigenvalue weighted by Crippen LogP contribution is 2.49. The van der Waals surface area contributed by atoms with Crippen molar-refractivity contribution < 1.29 is 4.39 Å². The average molecular weight is 417 g/mol. The van der Waals surface area contributed by atoms with Crippen molar-refractivity contribution in [3.8, 4) is 0 Å². The number of nitrogens with zero attached hydrogens (tertiary/aromatic N) is 2. The molecule has 1 aliphatic heterocycles. The second-order valence-electron chi connectivity index (χ2n) is 6.60. The van der Waals surface area contributed by atoms with E-state index in [4.69, 9.17) is 5.73 Å². The number of aliphatic imine (C=N–C) groups is 1. The summed E-state index contributed by atoms with van der Waals surface area (Å²) in [6.45, 7) is 4.86. The summed E-state index contributed by atoms with van der Waals surface area (Å²) in [5.74, 6) is 1.29. The van der Waals surface area contributed by atoms with Crippen molar-refractivity contribution >= 4 is 29.9 Å². The molecule has 3 nitrogen and oxygen atoms in total. The number of likely N-dealkylation sites (tertiary alicyclic amines) is 1. The predicted octanol–water partition coefficient (Wildman–Crippen LogP) is 3.52. The highest BCUT2D eigenvalue weighted by molar-refractivity contribution is 14.0. The van der Waals surface area contributed by atoms with Gasteiger partial charge < -0.3 is 10.6 Å². The zero-order valence-corrected chi connectivity index (χ0v) is 15.4. The molecule has 0 bridgehead atoms. The van der Waals surface area contributed by atoms with Gasteiger partial charge in [-0.05, 0) is 43.2 Å². The molecule has 0 spiro atoms. The first-order valence-electron chi connectivity index (χ1n) is 7.91. The summed E-state index contributed by atoms with van der Waals surface area (Å²) >= 11 is 0. The number of hydrogen-bond donors (Lipinski definition) is 1. The lowest BCUT2D eigenvalue weighted by molar-refractivity contribution is 0.277. The van der Waals surface area contributed by atoms with E-state index in [0.29, 0.717) is 12.5 Å². The van der Waals surface area contributed by atoms with Gasteiger partial charge in [-0.2, -0.15) is 0 Å². The second-order valence-corrected chi connectivity index (χ2v) is 6.60. The number of rotatable bonds is 3. The van der Waals surface area contributed by atoms with Crippen molar-refractivity contribution in [2.75, 3.05) is 19.6 Å². The van der Waals surface area contributed by atoms with Gasteiger partial charge >= 0.3 is 0 Å². The van der Waals surface area contributed by atoms with E-state index in [1.165, 1.54) is 18.9 Å². The number of hydrogen-bond acceptors (Lipinski definition) is 1. The van der Waals surface area contributed by atoms with E-state index in [1.807, 2.05) is 12.1 Å². The Morgan fingerprint density at radius 3 is 2.55 bits per heavy atom. The average Bonchev–Trinajstić information content (AvgIpc) is 3.27. The largest absolute Gasteiger partial charge is 0.370 e. The topological polar surface area (TPSA) is 41.6 Å². The summed E-state index contributed by atoms with van der Waals surface area (Å²) in [7, 11) is 0. The molecule has 3 rings (SSSR count). The van der Waals surface area contributed by atoms with Gasteiger partial charge in [-0.1, -0.05) is 25.1 Å². The van der Waals surface area contributed by atoms with Crippen LogP contribution in [0.4, 0.5) is 4.39 Å². The third-order valence-electron chi connectivity index (χ3n) is 4.95. The molecule has 1 aromatic carbocycles. The molecule has 0 aromatic heterocycles. The molecule has 1 aliphatic carbocycles. The van der Waals surface area contributed by atoms with Gasteiger partial charge in [0.05, 0.1) is 6.54 Å². The summed E-state index contributed by atoms with van der Waals surface area (Å²) < 4.78 is 14.0. The standard InChI is InChI=1S/C17H24FN3.HI/c1-13-6-10-21(11-7-13)16(19)20-12-17(8-9-17)14-4-2-3-5-15(14)18;/h2-5,13H,6-12H2,1H3,(H2,19,20);1H. The van der Waals surface area contributed by atoms with E-state index in [1.54, 1.807) is 6.07 Å². The molecule has 2 aliphatic rings. The van der Waals surface area contributed by atoms with Crippen LogP contribution in [0.1, 0.15) is 38.2 Å². The minimum absolute atomic E-state index is 0. The van der Waals surface area contributed by atoms with Crippen molar-refractivity contribution in [3.05, 3.63) is 35.6 Å². The number of halogens is 2. The van der Waals surface area contributed by atoms with Crippen LogP contribution in [0.25, 0.3) is 0 Å². The van der Waals surface area contributed by atoms with Crippen LogP contribution in [0.5, 0.6) is 0 Å². The van der Waals surface area contributed by atoms with E-state index in [0.717, 1.165) is 37.4 Å². The van der Waals surface area contributed by atoms with Crippen molar-refractivity contribution in [2.45, 2.75) is 38.0 Å². The first-order chi connectivity index (χ1) is 10.1. The Morgan fingerprint density at radius 2 is 1.95 bits per heavy atom. The summed E-state index contributed by atoms with van der Waals surface area (Å²) in [4.78, 5) is 6.74. The third-order valence-corrected chi connectivity index (χ3v) is 4.95. The molecule has 0 radical (unpaired) electrons. The summed E-state index contributed by atoms with van der Waals surface area (Å²) in [6, 6.07) is 7.06. The van der Waals surface area contributed by atoms with Crippen LogP contribution in [-0.4, -0.2) is 30.5 Å². The molecule has 1 aromatic rings. The smallest absolute Gasteiger partial charge is 0.191 e. The quantitative estimate of drug-likeness (QED) is 0.465. The fraction of sp³-hybridized carbons (Fsp3) is 0.588. The lowest BCUT2D eigenvalue weighted by Crippen LogP contribution is -2.42. The second kappa shape index (κ2) is 7.15. The van der Waals surface area contributed by atoms with Crippen LogP contribution in [0.3, 0.4) is 0 Å². The summed E-state index contributed by atoms with van der Waals surface area (Å²) in [5, 5.41) is 0. The molecule has 1 saturated carbocycles. The highest BCUT2D eigenvalue weighted by atomic mass is 127. The Bertz CT molecular complexity index is 534. The molecule has 1 heterocycles. The number of piperidine rings is 1. The number of guanidine groups is 1. The molecule has 122 valence electrons. The Hall–Kier alpha value is -0.850. The van der Waals surface area contributed by atoms with Crippen molar-refractivity contribution in [3.63, 3.8) is 0 Å².